The normalized spacial score (nSPS) is 31.3. The molecule has 0 bridgehead atoms. The molecule has 2 aliphatic rings. The molecule has 1 aromatic heterocycles. The van der Waals surface area contributed by atoms with Gasteiger partial charge in [-0.1, -0.05) is 13.3 Å². The molecule has 2 heteroatoms. The van der Waals surface area contributed by atoms with Crippen LogP contribution >= 0.6 is 0 Å². The van der Waals surface area contributed by atoms with Crippen molar-refractivity contribution in [1.29, 1.82) is 0 Å². The third-order valence-electron chi connectivity index (χ3n) is 4.90. The number of hydrogen-bond acceptors (Lipinski definition) is 2. The number of rotatable bonds is 5. The minimum atomic E-state index is 0.848. The molecule has 1 N–H and O–H groups in total. The molecule has 19 heavy (non-hydrogen) atoms. The molecule has 0 aliphatic heterocycles. The predicted octanol–water partition coefficient (Wildman–Crippen LogP) is 3.43. The molecule has 3 rings (SSSR count). The largest absolute Gasteiger partial charge is 0.314 e. The van der Waals surface area contributed by atoms with Crippen LogP contribution in [0.1, 0.15) is 44.6 Å². The molecule has 0 saturated heterocycles. The molecule has 2 fully saturated rings. The van der Waals surface area contributed by atoms with Crippen LogP contribution in [0.25, 0.3) is 0 Å². The minimum Gasteiger partial charge on any atom is -0.314 e. The van der Waals surface area contributed by atoms with Crippen LogP contribution < -0.4 is 5.32 Å². The van der Waals surface area contributed by atoms with Crippen molar-refractivity contribution in [3.05, 3.63) is 30.1 Å². The molecule has 0 spiro atoms. The zero-order chi connectivity index (χ0) is 13.1. The van der Waals surface area contributed by atoms with Crippen molar-refractivity contribution in [1.82, 2.24) is 10.3 Å². The number of hydrogen-bond donors (Lipinski definition) is 1. The first-order valence-corrected chi connectivity index (χ1v) is 7.93. The lowest BCUT2D eigenvalue weighted by Crippen LogP contribution is -2.34. The first-order chi connectivity index (χ1) is 9.31. The first kappa shape index (κ1) is 13.1. The van der Waals surface area contributed by atoms with E-state index in [0.717, 1.165) is 23.8 Å². The van der Waals surface area contributed by atoms with Crippen LogP contribution in [0.5, 0.6) is 0 Å². The zero-order valence-electron chi connectivity index (χ0n) is 12.0. The van der Waals surface area contributed by atoms with Crippen molar-refractivity contribution in [3.8, 4) is 0 Å². The Morgan fingerprint density at radius 1 is 1.11 bits per heavy atom. The van der Waals surface area contributed by atoms with Gasteiger partial charge < -0.3 is 5.32 Å². The molecule has 2 aliphatic carbocycles. The number of aromatic nitrogens is 1. The summed E-state index contributed by atoms with van der Waals surface area (Å²) in [5.41, 5.74) is 1.46. The lowest BCUT2D eigenvalue weighted by molar-refractivity contribution is 0.183. The average Bonchev–Trinajstić information content (AvgIpc) is 3.23. The van der Waals surface area contributed by atoms with E-state index in [0.29, 0.717) is 0 Å². The van der Waals surface area contributed by atoms with E-state index >= 15 is 0 Å². The van der Waals surface area contributed by atoms with E-state index in [-0.39, 0.29) is 0 Å². The summed E-state index contributed by atoms with van der Waals surface area (Å²) in [6, 6.07) is 5.22. The second-order valence-corrected chi connectivity index (χ2v) is 6.68. The molecule has 104 valence electrons. The van der Waals surface area contributed by atoms with Crippen molar-refractivity contribution < 1.29 is 0 Å². The van der Waals surface area contributed by atoms with Crippen LogP contribution in [0.3, 0.4) is 0 Å². The average molecular weight is 258 g/mol. The number of nitrogens with zero attached hydrogens (tertiary/aromatic N) is 1. The van der Waals surface area contributed by atoms with Gasteiger partial charge in [0, 0.05) is 18.4 Å². The second kappa shape index (κ2) is 6.04. The minimum absolute atomic E-state index is 0.848. The van der Waals surface area contributed by atoms with E-state index in [2.05, 4.69) is 29.4 Å². The Morgan fingerprint density at radius 3 is 2.63 bits per heavy atom. The fraction of sp³-hybridized carbons (Fsp3) is 0.706. The molecule has 0 aromatic carbocycles. The van der Waals surface area contributed by atoms with Crippen LogP contribution in [-0.4, -0.2) is 17.6 Å². The van der Waals surface area contributed by atoms with Crippen LogP contribution in [0, 0.1) is 17.8 Å². The molecule has 0 radical (unpaired) electrons. The van der Waals surface area contributed by atoms with E-state index in [9.17, 15) is 0 Å². The monoisotopic (exact) mass is 258 g/mol. The molecule has 3 atom stereocenters. The maximum atomic E-state index is 4.13. The smallest absolute Gasteiger partial charge is 0.0270 e. The maximum Gasteiger partial charge on any atom is 0.0270 e. The molecule has 2 saturated carbocycles. The van der Waals surface area contributed by atoms with Crippen molar-refractivity contribution >= 4 is 0 Å². The third kappa shape index (κ3) is 3.79. The van der Waals surface area contributed by atoms with Crippen LogP contribution in [0.15, 0.2) is 24.5 Å². The summed E-state index contributed by atoms with van der Waals surface area (Å²) < 4.78 is 0. The molecule has 3 unspecified atom stereocenters. The zero-order valence-corrected chi connectivity index (χ0v) is 12.0. The van der Waals surface area contributed by atoms with Gasteiger partial charge in [0.25, 0.3) is 0 Å². The summed E-state index contributed by atoms with van der Waals surface area (Å²) in [6.45, 7) is 3.66. The second-order valence-electron chi connectivity index (χ2n) is 6.68. The fourth-order valence-corrected chi connectivity index (χ4v) is 3.51. The van der Waals surface area contributed by atoms with E-state index in [4.69, 9.17) is 0 Å². The molecular formula is C17H26N2. The fourth-order valence-electron chi connectivity index (χ4n) is 3.51. The summed E-state index contributed by atoms with van der Waals surface area (Å²) in [4.78, 5) is 4.13. The highest BCUT2D eigenvalue weighted by Crippen LogP contribution is 2.36. The standard InChI is InChI=1S/C17H26N2/c1-13-2-3-15(12-19-17-4-5-17)16(10-13)11-14-6-8-18-9-7-14/h6-9,13,15-17,19H,2-5,10-12H2,1H3. The highest BCUT2D eigenvalue weighted by Gasteiger charge is 2.30. The number of pyridine rings is 1. The SMILES string of the molecule is CC1CCC(CNC2CC2)C(Cc2ccncc2)C1. The summed E-state index contributed by atoms with van der Waals surface area (Å²) in [7, 11) is 0. The van der Waals surface area contributed by atoms with Gasteiger partial charge in [-0.25, -0.2) is 0 Å². The lowest BCUT2D eigenvalue weighted by Gasteiger charge is -2.35. The highest BCUT2D eigenvalue weighted by molar-refractivity contribution is 5.11. The van der Waals surface area contributed by atoms with Crippen molar-refractivity contribution in [2.24, 2.45) is 17.8 Å². The lowest BCUT2D eigenvalue weighted by atomic mass is 9.72. The third-order valence-corrected chi connectivity index (χ3v) is 4.90. The summed E-state index contributed by atoms with van der Waals surface area (Å²) in [6.07, 6.45) is 12.1. The Balaban J connectivity index is 1.59. The van der Waals surface area contributed by atoms with Gasteiger partial charge in [0.05, 0.1) is 0 Å². The van der Waals surface area contributed by atoms with Gasteiger partial charge in [0.1, 0.15) is 0 Å². The Bertz CT molecular complexity index is 386. The molecule has 1 heterocycles. The van der Waals surface area contributed by atoms with Crippen molar-refractivity contribution in [3.63, 3.8) is 0 Å². The van der Waals surface area contributed by atoms with Gasteiger partial charge in [-0.3, -0.25) is 4.98 Å². The quantitative estimate of drug-likeness (QED) is 0.875. The van der Waals surface area contributed by atoms with Gasteiger partial charge in [-0.2, -0.15) is 0 Å². The summed E-state index contributed by atoms with van der Waals surface area (Å²) in [5, 5.41) is 3.74. The Labute approximate surface area is 117 Å². The van der Waals surface area contributed by atoms with E-state index in [1.54, 1.807) is 0 Å². The Hall–Kier alpha value is -0.890. The highest BCUT2D eigenvalue weighted by atomic mass is 14.9. The molecule has 1 aromatic rings. The number of nitrogens with one attached hydrogen (secondary N) is 1. The Morgan fingerprint density at radius 2 is 1.89 bits per heavy atom. The van der Waals surface area contributed by atoms with Crippen LogP contribution in [0.2, 0.25) is 0 Å². The first-order valence-electron chi connectivity index (χ1n) is 7.93. The van der Waals surface area contributed by atoms with Gasteiger partial charge in [-0.05, 0) is 74.1 Å². The van der Waals surface area contributed by atoms with E-state index < -0.39 is 0 Å². The van der Waals surface area contributed by atoms with Crippen molar-refractivity contribution in [2.45, 2.75) is 51.5 Å². The molecular weight excluding hydrogens is 232 g/mol. The van der Waals surface area contributed by atoms with Crippen LogP contribution in [-0.2, 0) is 6.42 Å². The van der Waals surface area contributed by atoms with Crippen LogP contribution in [0.4, 0.5) is 0 Å². The Kier molecular flexibility index (Phi) is 4.17. The van der Waals surface area contributed by atoms with E-state index in [1.165, 1.54) is 50.6 Å². The van der Waals surface area contributed by atoms with Gasteiger partial charge >= 0.3 is 0 Å². The maximum absolute atomic E-state index is 4.13. The predicted molar refractivity (Wildman–Crippen MR) is 79.0 cm³/mol. The molecule has 0 amide bonds. The summed E-state index contributed by atoms with van der Waals surface area (Å²) in [5.74, 6) is 2.64. The van der Waals surface area contributed by atoms with Gasteiger partial charge in [-0.15, -0.1) is 0 Å². The van der Waals surface area contributed by atoms with Gasteiger partial charge in [0.15, 0.2) is 0 Å². The summed E-state index contributed by atoms with van der Waals surface area (Å²) >= 11 is 0. The van der Waals surface area contributed by atoms with Gasteiger partial charge in [0.2, 0.25) is 0 Å². The topological polar surface area (TPSA) is 24.9 Å². The molecule has 2 nitrogen and oxygen atoms in total. The van der Waals surface area contributed by atoms with Crippen molar-refractivity contribution in [2.75, 3.05) is 6.54 Å². The van der Waals surface area contributed by atoms with E-state index in [1.807, 2.05) is 12.4 Å².